The van der Waals surface area contributed by atoms with Crippen LogP contribution in [-0.2, 0) is 6.54 Å². The number of pyridine rings is 1. The number of hydrogen-bond acceptors (Lipinski definition) is 3. The summed E-state index contributed by atoms with van der Waals surface area (Å²) >= 11 is 0. The smallest absolute Gasteiger partial charge is 0.253 e. The van der Waals surface area contributed by atoms with E-state index in [4.69, 9.17) is 5.73 Å². The Hall–Kier alpha value is -1.56. The van der Waals surface area contributed by atoms with Crippen molar-refractivity contribution in [2.75, 3.05) is 6.54 Å². The maximum Gasteiger partial charge on any atom is 0.253 e. The maximum atomic E-state index is 12.3. The van der Waals surface area contributed by atoms with Gasteiger partial charge >= 0.3 is 0 Å². The summed E-state index contributed by atoms with van der Waals surface area (Å²) in [6, 6.07) is 7.72. The van der Waals surface area contributed by atoms with Crippen LogP contribution in [0.2, 0.25) is 0 Å². The Morgan fingerprint density at radius 2 is 2.04 bits per heavy atom. The van der Waals surface area contributed by atoms with Crippen LogP contribution in [0.3, 0.4) is 0 Å². The molecular formula is C16H24Cl2N4O. The Morgan fingerprint density at radius 1 is 1.35 bits per heavy atom. The van der Waals surface area contributed by atoms with Gasteiger partial charge < -0.3 is 15.6 Å². The molecule has 2 aromatic heterocycles. The average molecular weight is 359 g/mol. The van der Waals surface area contributed by atoms with Crippen LogP contribution in [0.1, 0.15) is 34.4 Å². The molecule has 1 atom stereocenters. The first kappa shape index (κ1) is 21.4. The van der Waals surface area contributed by atoms with Gasteiger partial charge in [-0.1, -0.05) is 6.07 Å². The van der Waals surface area contributed by atoms with Crippen molar-refractivity contribution in [1.29, 1.82) is 0 Å². The number of aromatic nitrogens is 2. The fourth-order valence-electron chi connectivity index (χ4n) is 2.29. The molecule has 2 heterocycles. The van der Waals surface area contributed by atoms with Gasteiger partial charge in [0.05, 0.1) is 17.8 Å². The van der Waals surface area contributed by atoms with Gasteiger partial charge in [0.1, 0.15) is 0 Å². The molecule has 23 heavy (non-hydrogen) atoms. The van der Waals surface area contributed by atoms with Crippen molar-refractivity contribution < 1.29 is 4.79 Å². The summed E-state index contributed by atoms with van der Waals surface area (Å²) in [4.78, 5) is 16.6. The van der Waals surface area contributed by atoms with Crippen LogP contribution in [0.5, 0.6) is 0 Å². The van der Waals surface area contributed by atoms with Crippen molar-refractivity contribution >= 4 is 30.7 Å². The third-order valence-electron chi connectivity index (χ3n) is 3.60. The highest BCUT2D eigenvalue weighted by molar-refractivity contribution is 5.95. The van der Waals surface area contributed by atoms with E-state index in [1.165, 1.54) is 0 Å². The minimum absolute atomic E-state index is 0. The fourth-order valence-corrected chi connectivity index (χ4v) is 2.29. The summed E-state index contributed by atoms with van der Waals surface area (Å²) in [7, 11) is 0. The summed E-state index contributed by atoms with van der Waals surface area (Å²) in [6.45, 7) is 6.94. The predicted molar refractivity (Wildman–Crippen MR) is 97.7 cm³/mol. The number of nitrogens with one attached hydrogen (secondary N) is 1. The van der Waals surface area contributed by atoms with Gasteiger partial charge in [-0.2, -0.15) is 0 Å². The monoisotopic (exact) mass is 358 g/mol. The molecule has 0 aliphatic rings. The second-order valence-electron chi connectivity index (χ2n) is 5.30. The lowest BCUT2D eigenvalue weighted by Gasteiger charge is -2.12. The molecule has 5 nitrogen and oxygen atoms in total. The predicted octanol–water partition coefficient (Wildman–Crippen LogP) is 2.47. The molecule has 1 amide bonds. The number of carbonyl (C=O) groups excluding carboxylic acids is 1. The van der Waals surface area contributed by atoms with E-state index >= 15 is 0 Å². The van der Waals surface area contributed by atoms with E-state index in [0.29, 0.717) is 18.7 Å². The third kappa shape index (κ3) is 5.23. The lowest BCUT2D eigenvalue weighted by Crippen LogP contribution is -2.37. The number of rotatable bonds is 5. The van der Waals surface area contributed by atoms with Gasteiger partial charge in [0.15, 0.2) is 0 Å². The van der Waals surface area contributed by atoms with Gasteiger partial charge in [0.2, 0.25) is 0 Å². The average Bonchev–Trinajstić information content (AvgIpc) is 2.76. The standard InChI is InChI=1S/C16H22N4O.2ClH/c1-11(9-17)19-16(21)15-8-12(2)20(13(15)3)10-14-6-4-5-7-18-14;;/h4-8,11H,9-10,17H2,1-3H3,(H,19,21);2*1H/t11-;;/m0../s1. The quantitative estimate of drug-likeness (QED) is 0.861. The number of nitrogens with two attached hydrogens (primary N) is 1. The number of amides is 1. The maximum absolute atomic E-state index is 12.3. The summed E-state index contributed by atoms with van der Waals surface area (Å²) < 4.78 is 2.10. The van der Waals surface area contributed by atoms with Gasteiger partial charge in [0, 0.05) is 30.2 Å². The number of nitrogens with zero attached hydrogens (tertiary/aromatic N) is 2. The SMILES string of the molecule is Cc1cc(C(=O)N[C@@H](C)CN)c(C)n1Cc1ccccn1.Cl.Cl. The first-order valence-corrected chi connectivity index (χ1v) is 7.10. The van der Waals surface area contributed by atoms with Crippen molar-refractivity contribution in [2.45, 2.75) is 33.4 Å². The molecule has 0 aliphatic carbocycles. The van der Waals surface area contributed by atoms with Gasteiger partial charge in [-0.25, -0.2) is 0 Å². The molecule has 2 rings (SSSR count). The Kier molecular flexibility index (Phi) is 8.90. The van der Waals surface area contributed by atoms with Crippen molar-refractivity contribution in [1.82, 2.24) is 14.9 Å². The molecule has 0 saturated carbocycles. The Labute approximate surface area is 149 Å². The summed E-state index contributed by atoms with van der Waals surface area (Å²) in [5.74, 6) is -0.0756. The van der Waals surface area contributed by atoms with Crippen LogP contribution < -0.4 is 11.1 Å². The van der Waals surface area contributed by atoms with Crippen LogP contribution >= 0.6 is 24.8 Å². The lowest BCUT2D eigenvalue weighted by atomic mass is 10.2. The van der Waals surface area contributed by atoms with Crippen LogP contribution in [0.15, 0.2) is 30.5 Å². The van der Waals surface area contributed by atoms with E-state index in [9.17, 15) is 4.79 Å². The first-order chi connectivity index (χ1) is 10.0. The number of hydrogen-bond donors (Lipinski definition) is 2. The van der Waals surface area contributed by atoms with Crippen molar-refractivity contribution in [2.24, 2.45) is 5.73 Å². The molecule has 3 N–H and O–H groups in total. The van der Waals surface area contributed by atoms with Crippen molar-refractivity contribution in [3.8, 4) is 0 Å². The Morgan fingerprint density at radius 3 is 2.61 bits per heavy atom. The number of carbonyl (C=O) groups is 1. The molecule has 0 aliphatic heterocycles. The van der Waals surface area contributed by atoms with Gasteiger partial charge in [-0.3, -0.25) is 9.78 Å². The van der Waals surface area contributed by atoms with Crippen molar-refractivity contribution in [3.05, 3.63) is 53.1 Å². The molecule has 0 radical (unpaired) electrons. The summed E-state index contributed by atoms with van der Waals surface area (Å²) in [6.07, 6.45) is 1.78. The van der Waals surface area contributed by atoms with Crippen molar-refractivity contribution in [3.63, 3.8) is 0 Å². The minimum Gasteiger partial charge on any atom is -0.348 e. The first-order valence-electron chi connectivity index (χ1n) is 7.10. The number of halogens is 2. The Bertz CT molecular complexity index is 629. The Balaban J connectivity index is 0.00000242. The van der Waals surface area contributed by atoms with E-state index < -0.39 is 0 Å². The molecule has 0 aromatic carbocycles. The van der Waals surface area contributed by atoms with Crippen LogP contribution in [0.25, 0.3) is 0 Å². The molecule has 0 fully saturated rings. The largest absolute Gasteiger partial charge is 0.348 e. The summed E-state index contributed by atoms with van der Waals surface area (Å²) in [5.41, 5.74) is 9.21. The van der Waals surface area contributed by atoms with E-state index in [2.05, 4.69) is 14.9 Å². The van der Waals surface area contributed by atoms with Gasteiger partial charge in [0.25, 0.3) is 5.91 Å². The topological polar surface area (TPSA) is 72.9 Å². The van der Waals surface area contributed by atoms with E-state index in [0.717, 1.165) is 17.1 Å². The lowest BCUT2D eigenvalue weighted by molar-refractivity contribution is 0.0940. The molecule has 128 valence electrons. The molecule has 7 heteroatoms. The van der Waals surface area contributed by atoms with E-state index in [1.807, 2.05) is 45.0 Å². The zero-order chi connectivity index (χ0) is 15.4. The van der Waals surface area contributed by atoms with Crippen LogP contribution in [0.4, 0.5) is 0 Å². The van der Waals surface area contributed by atoms with Gasteiger partial charge in [-0.05, 0) is 39.0 Å². The molecule has 0 bridgehead atoms. The molecule has 0 unspecified atom stereocenters. The van der Waals surface area contributed by atoms with E-state index in [1.54, 1.807) is 6.20 Å². The fraction of sp³-hybridized carbons (Fsp3) is 0.375. The number of aryl methyl sites for hydroxylation is 1. The minimum atomic E-state index is -0.0756. The highest BCUT2D eigenvalue weighted by Gasteiger charge is 2.17. The van der Waals surface area contributed by atoms with E-state index in [-0.39, 0.29) is 36.8 Å². The zero-order valence-electron chi connectivity index (χ0n) is 13.6. The molecule has 0 spiro atoms. The highest BCUT2D eigenvalue weighted by Crippen LogP contribution is 2.16. The third-order valence-corrected chi connectivity index (χ3v) is 3.60. The molecule has 0 saturated heterocycles. The van der Waals surface area contributed by atoms with Crippen LogP contribution in [-0.4, -0.2) is 28.0 Å². The van der Waals surface area contributed by atoms with Gasteiger partial charge in [-0.15, -0.1) is 24.8 Å². The highest BCUT2D eigenvalue weighted by atomic mass is 35.5. The van der Waals surface area contributed by atoms with Crippen LogP contribution in [0, 0.1) is 13.8 Å². The molecule has 2 aromatic rings. The second kappa shape index (κ2) is 9.55. The zero-order valence-corrected chi connectivity index (χ0v) is 15.2. The second-order valence-corrected chi connectivity index (χ2v) is 5.30. The normalized spacial score (nSPS) is 11.1. The molecular weight excluding hydrogens is 335 g/mol. The summed E-state index contributed by atoms with van der Waals surface area (Å²) in [5, 5.41) is 2.90.